The molecule has 1 amide bonds. The average molecular weight is 328 g/mol. The maximum Gasteiger partial charge on any atom is 0.303 e. The number of hydrogen-bond acceptors (Lipinski definition) is 2. The molecule has 0 saturated carbocycles. The van der Waals surface area contributed by atoms with Gasteiger partial charge in [-0.2, -0.15) is 0 Å². The van der Waals surface area contributed by atoms with Crippen LogP contribution in [0.5, 0.6) is 0 Å². The van der Waals surface area contributed by atoms with E-state index >= 15 is 0 Å². The Labute approximate surface area is 141 Å². The lowest BCUT2D eigenvalue weighted by atomic mass is 9.93. The molecule has 0 bridgehead atoms. The lowest BCUT2D eigenvalue weighted by Gasteiger charge is -2.32. The highest BCUT2D eigenvalue weighted by atomic mass is 16.4. The van der Waals surface area contributed by atoms with Gasteiger partial charge in [0.25, 0.3) is 5.91 Å². The summed E-state index contributed by atoms with van der Waals surface area (Å²) in [6.45, 7) is 5.50. The van der Waals surface area contributed by atoms with Gasteiger partial charge in [0.1, 0.15) is 5.69 Å². The Kier molecular flexibility index (Phi) is 4.60. The fourth-order valence-electron chi connectivity index (χ4n) is 3.70. The minimum atomic E-state index is -0.764. The Bertz CT molecular complexity index is 778. The van der Waals surface area contributed by atoms with Gasteiger partial charge in [-0.15, -0.1) is 0 Å². The Balaban J connectivity index is 1.76. The molecule has 24 heavy (non-hydrogen) atoms. The van der Waals surface area contributed by atoms with Crippen molar-refractivity contribution in [1.29, 1.82) is 0 Å². The van der Waals surface area contributed by atoms with Crippen LogP contribution < -0.4 is 0 Å². The molecule has 1 fully saturated rings. The molecule has 2 N–H and O–H groups in total. The summed E-state index contributed by atoms with van der Waals surface area (Å²) in [6.07, 6.45) is 2.76. The van der Waals surface area contributed by atoms with E-state index in [0.717, 1.165) is 30.3 Å². The average Bonchev–Trinajstić information content (AvgIpc) is 2.96. The SMILES string of the molecule is Cc1cc(C)c2cc(C(=O)N3CCC[C@H](CCC(=O)O)C3)[nH]c2c1. The number of carbonyl (C=O) groups is 2. The second kappa shape index (κ2) is 6.67. The van der Waals surface area contributed by atoms with E-state index < -0.39 is 5.97 Å². The van der Waals surface area contributed by atoms with E-state index in [1.807, 2.05) is 17.9 Å². The van der Waals surface area contributed by atoms with Crippen LogP contribution in [0.3, 0.4) is 0 Å². The summed E-state index contributed by atoms with van der Waals surface area (Å²) in [4.78, 5) is 28.7. The molecule has 128 valence electrons. The Morgan fingerprint density at radius 3 is 2.83 bits per heavy atom. The minimum Gasteiger partial charge on any atom is -0.481 e. The highest BCUT2D eigenvalue weighted by molar-refractivity contribution is 5.99. The van der Waals surface area contributed by atoms with Gasteiger partial charge in [-0.3, -0.25) is 9.59 Å². The Morgan fingerprint density at radius 2 is 2.08 bits per heavy atom. The van der Waals surface area contributed by atoms with Gasteiger partial charge in [-0.1, -0.05) is 6.07 Å². The first-order valence-electron chi connectivity index (χ1n) is 8.55. The maximum atomic E-state index is 12.8. The van der Waals surface area contributed by atoms with E-state index in [2.05, 4.69) is 24.0 Å². The molecular weight excluding hydrogens is 304 g/mol. The number of rotatable bonds is 4. The summed E-state index contributed by atoms with van der Waals surface area (Å²) in [5.41, 5.74) is 3.96. The number of aryl methyl sites for hydroxylation is 2. The van der Waals surface area contributed by atoms with Crippen molar-refractivity contribution in [3.05, 3.63) is 35.0 Å². The summed E-state index contributed by atoms with van der Waals surface area (Å²) in [5.74, 6) is -0.463. The molecule has 1 aromatic carbocycles. The fourth-order valence-corrected chi connectivity index (χ4v) is 3.70. The lowest BCUT2D eigenvalue weighted by Crippen LogP contribution is -2.40. The molecule has 1 aromatic heterocycles. The second-order valence-electron chi connectivity index (χ2n) is 6.92. The number of carboxylic acid groups (broad SMARTS) is 1. The number of carboxylic acids is 1. The number of fused-ring (bicyclic) bond motifs is 1. The number of amides is 1. The summed E-state index contributed by atoms with van der Waals surface area (Å²) in [5, 5.41) is 9.93. The van der Waals surface area contributed by atoms with Gasteiger partial charge >= 0.3 is 5.97 Å². The predicted molar refractivity (Wildman–Crippen MR) is 93.3 cm³/mol. The molecule has 5 nitrogen and oxygen atoms in total. The molecule has 0 spiro atoms. The Morgan fingerprint density at radius 1 is 1.29 bits per heavy atom. The molecule has 0 unspecified atom stereocenters. The lowest BCUT2D eigenvalue weighted by molar-refractivity contribution is -0.137. The summed E-state index contributed by atoms with van der Waals surface area (Å²) in [6, 6.07) is 6.12. The van der Waals surface area contributed by atoms with E-state index in [0.29, 0.717) is 18.7 Å². The molecule has 2 aromatic rings. The van der Waals surface area contributed by atoms with Crippen LogP contribution in [0.1, 0.15) is 47.3 Å². The fraction of sp³-hybridized carbons (Fsp3) is 0.474. The zero-order valence-electron chi connectivity index (χ0n) is 14.3. The van der Waals surface area contributed by atoms with E-state index in [4.69, 9.17) is 5.11 Å². The molecule has 2 heterocycles. The number of benzene rings is 1. The van der Waals surface area contributed by atoms with Gasteiger partial charge < -0.3 is 15.0 Å². The largest absolute Gasteiger partial charge is 0.481 e. The summed E-state index contributed by atoms with van der Waals surface area (Å²) < 4.78 is 0. The van der Waals surface area contributed by atoms with Crippen molar-refractivity contribution in [1.82, 2.24) is 9.88 Å². The van der Waals surface area contributed by atoms with Crippen molar-refractivity contribution < 1.29 is 14.7 Å². The number of nitrogens with one attached hydrogen (secondary N) is 1. The number of aliphatic carboxylic acids is 1. The highest BCUT2D eigenvalue weighted by Crippen LogP contribution is 2.25. The number of H-pyrrole nitrogens is 1. The minimum absolute atomic E-state index is 0.0169. The van der Waals surface area contributed by atoms with Gasteiger partial charge in [-0.25, -0.2) is 0 Å². The van der Waals surface area contributed by atoms with Crippen LogP contribution in [0, 0.1) is 19.8 Å². The van der Waals surface area contributed by atoms with Gasteiger partial charge in [0.15, 0.2) is 0 Å². The zero-order chi connectivity index (χ0) is 17.3. The number of aromatic amines is 1. The smallest absolute Gasteiger partial charge is 0.303 e. The first-order chi connectivity index (χ1) is 11.4. The number of likely N-dealkylation sites (tertiary alicyclic amines) is 1. The van der Waals surface area contributed by atoms with Gasteiger partial charge in [0, 0.05) is 30.4 Å². The van der Waals surface area contributed by atoms with Crippen LogP contribution in [0.2, 0.25) is 0 Å². The normalized spacial score (nSPS) is 18.1. The van der Waals surface area contributed by atoms with Crippen molar-refractivity contribution in [2.45, 2.75) is 39.5 Å². The number of nitrogens with zero attached hydrogens (tertiary/aromatic N) is 1. The topological polar surface area (TPSA) is 73.4 Å². The van der Waals surface area contributed by atoms with E-state index in [9.17, 15) is 9.59 Å². The molecule has 5 heteroatoms. The van der Waals surface area contributed by atoms with Crippen LogP contribution >= 0.6 is 0 Å². The van der Waals surface area contributed by atoms with Gasteiger partial charge in [0.2, 0.25) is 0 Å². The molecule has 0 radical (unpaired) electrons. The van der Waals surface area contributed by atoms with Crippen LogP contribution in [0.15, 0.2) is 18.2 Å². The summed E-state index contributed by atoms with van der Waals surface area (Å²) in [7, 11) is 0. The molecule has 1 aliphatic heterocycles. The monoisotopic (exact) mass is 328 g/mol. The Hall–Kier alpha value is -2.30. The van der Waals surface area contributed by atoms with Crippen molar-refractivity contribution in [2.75, 3.05) is 13.1 Å². The van der Waals surface area contributed by atoms with Crippen molar-refractivity contribution >= 4 is 22.8 Å². The summed E-state index contributed by atoms with van der Waals surface area (Å²) >= 11 is 0. The molecule has 0 aliphatic carbocycles. The number of hydrogen-bond donors (Lipinski definition) is 2. The third-order valence-electron chi connectivity index (χ3n) is 4.89. The van der Waals surface area contributed by atoms with E-state index in [1.54, 1.807) is 0 Å². The van der Waals surface area contributed by atoms with Crippen LogP contribution in [-0.4, -0.2) is 40.0 Å². The third kappa shape index (κ3) is 3.45. The zero-order valence-corrected chi connectivity index (χ0v) is 14.3. The van der Waals surface area contributed by atoms with Crippen molar-refractivity contribution in [2.24, 2.45) is 5.92 Å². The van der Waals surface area contributed by atoms with Crippen LogP contribution in [0.25, 0.3) is 10.9 Å². The van der Waals surface area contributed by atoms with Gasteiger partial charge in [0.05, 0.1) is 0 Å². The molecule has 1 saturated heterocycles. The second-order valence-corrected chi connectivity index (χ2v) is 6.92. The van der Waals surface area contributed by atoms with Crippen molar-refractivity contribution in [3.63, 3.8) is 0 Å². The highest BCUT2D eigenvalue weighted by Gasteiger charge is 2.25. The van der Waals surface area contributed by atoms with Gasteiger partial charge in [-0.05, 0) is 62.3 Å². The number of carbonyl (C=O) groups excluding carboxylic acids is 1. The first-order valence-corrected chi connectivity index (χ1v) is 8.55. The van der Waals surface area contributed by atoms with Crippen LogP contribution in [-0.2, 0) is 4.79 Å². The molecule has 3 rings (SSSR count). The quantitative estimate of drug-likeness (QED) is 0.902. The third-order valence-corrected chi connectivity index (χ3v) is 4.89. The number of aromatic nitrogens is 1. The van der Waals surface area contributed by atoms with Crippen LogP contribution in [0.4, 0.5) is 0 Å². The predicted octanol–water partition coefficient (Wildman–Crippen LogP) is 3.50. The molecule has 1 atom stereocenters. The van der Waals surface area contributed by atoms with Crippen molar-refractivity contribution in [3.8, 4) is 0 Å². The molecular formula is C19H24N2O3. The van der Waals surface area contributed by atoms with E-state index in [-0.39, 0.29) is 18.2 Å². The van der Waals surface area contributed by atoms with E-state index in [1.165, 1.54) is 11.1 Å². The maximum absolute atomic E-state index is 12.8. The standard InChI is InChI=1S/C19H24N2O3/c1-12-8-13(2)15-10-17(20-16(15)9-12)19(24)21-7-3-4-14(11-21)5-6-18(22)23/h8-10,14,20H,3-7,11H2,1-2H3,(H,22,23)/t14-/m1/s1. The number of piperidine rings is 1. The molecule has 1 aliphatic rings. The first kappa shape index (κ1) is 16.6.